The number of ether oxygens (including phenoxy) is 6. The summed E-state index contributed by atoms with van der Waals surface area (Å²) in [4.78, 5) is 85.6. The molecule has 0 aliphatic carbocycles. The molecule has 2 aromatic rings. The molecule has 0 saturated heterocycles. The van der Waals surface area contributed by atoms with Crippen molar-refractivity contribution in [3.05, 3.63) is 71.8 Å². The van der Waals surface area contributed by atoms with Crippen molar-refractivity contribution in [3.63, 3.8) is 0 Å². The number of benzene rings is 2. The molecule has 60 heavy (non-hydrogen) atoms. The van der Waals surface area contributed by atoms with E-state index in [1.54, 1.807) is 14.2 Å². The van der Waals surface area contributed by atoms with Gasteiger partial charge in [-0.3, -0.25) is 28.8 Å². The highest BCUT2D eigenvalue weighted by Crippen LogP contribution is 2.12. The first-order valence-electron chi connectivity index (χ1n) is 19.5. The molecule has 0 heterocycles. The molecule has 2 N–H and O–H groups in total. The number of carbonyl (C=O) groups is 6. The lowest BCUT2D eigenvalue weighted by molar-refractivity contribution is -0.141. The quantitative estimate of drug-likeness (QED) is 0.102. The highest BCUT2D eigenvalue weighted by Gasteiger charge is 2.25. The maximum Gasteiger partial charge on any atom is 0.247 e. The Hall–Kier alpha value is -5.56. The Labute approximate surface area is 353 Å². The van der Waals surface area contributed by atoms with E-state index >= 15 is 0 Å². The van der Waals surface area contributed by atoms with Gasteiger partial charge >= 0.3 is 0 Å². The average molecular weight is 843 g/mol. The molecule has 332 valence electrons. The molecule has 18 heteroatoms. The van der Waals surface area contributed by atoms with Crippen LogP contribution in [0.15, 0.2) is 60.7 Å². The predicted octanol–water partition coefficient (Wildman–Crippen LogP) is 0.178. The third-order valence-electron chi connectivity index (χ3n) is 9.07. The summed E-state index contributed by atoms with van der Waals surface area (Å²) in [5, 5.41) is 5.55. The largest absolute Gasteiger partial charge is 0.497 e. The lowest BCUT2D eigenvalue weighted by atomic mass is 10.1. The monoisotopic (exact) mass is 842 g/mol. The van der Waals surface area contributed by atoms with Gasteiger partial charge in [-0.1, -0.05) is 24.3 Å². The molecule has 0 atom stereocenters. The van der Waals surface area contributed by atoms with Crippen molar-refractivity contribution in [3.8, 4) is 11.5 Å². The predicted molar refractivity (Wildman–Crippen MR) is 222 cm³/mol. The number of nitrogens with one attached hydrogen (secondary N) is 2. The molecule has 0 aromatic heterocycles. The molecular weight excluding hydrogens is 780 g/mol. The van der Waals surface area contributed by atoms with Gasteiger partial charge in [-0.2, -0.15) is 0 Å². The first-order valence-corrected chi connectivity index (χ1v) is 19.5. The van der Waals surface area contributed by atoms with Gasteiger partial charge in [0.2, 0.25) is 35.4 Å². The molecule has 6 amide bonds. The first-order chi connectivity index (χ1) is 29.0. The first kappa shape index (κ1) is 50.6. The van der Waals surface area contributed by atoms with Gasteiger partial charge in [-0.05, 0) is 48.2 Å². The van der Waals surface area contributed by atoms with Crippen molar-refractivity contribution >= 4 is 35.4 Å². The van der Waals surface area contributed by atoms with E-state index in [2.05, 4.69) is 10.6 Å². The van der Waals surface area contributed by atoms with Crippen LogP contribution in [0.5, 0.6) is 11.5 Å². The van der Waals surface area contributed by atoms with E-state index in [0.717, 1.165) is 33.1 Å². The van der Waals surface area contributed by atoms with Gasteiger partial charge in [-0.25, -0.2) is 0 Å². The van der Waals surface area contributed by atoms with Crippen molar-refractivity contribution in [2.75, 3.05) is 135 Å². The van der Waals surface area contributed by atoms with Crippen LogP contribution in [0.1, 0.15) is 11.1 Å². The maximum atomic E-state index is 13.7. The Morgan fingerprint density at radius 1 is 0.467 bits per heavy atom. The smallest absolute Gasteiger partial charge is 0.247 e. The number of nitrogens with zero attached hydrogens (tertiary/aromatic N) is 4. The minimum absolute atomic E-state index is 0.208. The summed E-state index contributed by atoms with van der Waals surface area (Å²) in [5.74, 6) is -2.27. The SMILES string of the molecule is COCCN(CCOC)C(=O)CN(CC(=O)NCCc1ccc(OC)cc1)C(=O)/C=C/C(=O)N(CC(=O)NCCc1ccc(OC)cc1)CC(=O)N(CCOC)CCOC. The summed E-state index contributed by atoms with van der Waals surface area (Å²) >= 11 is 0. The Morgan fingerprint density at radius 3 is 1.07 bits per heavy atom. The summed E-state index contributed by atoms with van der Waals surface area (Å²) in [5.41, 5.74) is 1.89. The highest BCUT2D eigenvalue weighted by molar-refractivity contribution is 6.01. The van der Waals surface area contributed by atoms with Crippen molar-refractivity contribution < 1.29 is 57.2 Å². The standard InChI is InChI=1S/C42H62N6O12/c1-55-25-21-45(22-26-56-2)41(53)31-47(29-37(49)43-19-17-33-7-11-35(59-5)12-8-33)39(51)15-16-40(52)48(32-42(54)46(23-27-57-3)24-28-58-4)30-38(50)44-20-18-34-9-13-36(60-6)14-10-34/h7-16H,17-32H2,1-6H3,(H,43,49)(H,44,50)/b16-15+. The van der Waals surface area contributed by atoms with E-state index in [4.69, 9.17) is 28.4 Å². The Balaban J connectivity index is 2.28. The van der Waals surface area contributed by atoms with Gasteiger partial charge in [0, 0.05) is 79.9 Å². The Morgan fingerprint density at radius 2 is 0.783 bits per heavy atom. The number of carbonyl (C=O) groups excluding carboxylic acids is 6. The minimum Gasteiger partial charge on any atom is -0.497 e. The van der Waals surface area contributed by atoms with Crippen LogP contribution in [0.4, 0.5) is 0 Å². The van der Waals surface area contributed by atoms with Crippen molar-refractivity contribution in [1.29, 1.82) is 0 Å². The second-order valence-electron chi connectivity index (χ2n) is 13.4. The molecule has 0 bridgehead atoms. The van der Waals surface area contributed by atoms with Crippen molar-refractivity contribution in [2.24, 2.45) is 0 Å². The van der Waals surface area contributed by atoms with Crippen LogP contribution in [0, 0.1) is 0 Å². The van der Waals surface area contributed by atoms with E-state index in [-0.39, 0.29) is 65.7 Å². The third-order valence-corrected chi connectivity index (χ3v) is 9.07. The van der Waals surface area contributed by atoms with Crippen LogP contribution in [-0.4, -0.2) is 190 Å². The number of methoxy groups -OCH3 is 6. The molecule has 0 radical (unpaired) electrons. The Kier molecular flexibility index (Phi) is 25.0. The van der Waals surface area contributed by atoms with Crippen LogP contribution in [0.3, 0.4) is 0 Å². The fourth-order valence-corrected chi connectivity index (χ4v) is 5.57. The number of amides is 6. The number of hydrogen-bond acceptors (Lipinski definition) is 12. The van der Waals surface area contributed by atoms with Crippen LogP contribution < -0.4 is 20.1 Å². The molecule has 0 unspecified atom stereocenters. The molecule has 0 fully saturated rings. The number of rotatable bonds is 30. The molecule has 2 rings (SSSR count). The summed E-state index contributed by atoms with van der Waals surface area (Å²) in [6, 6.07) is 14.7. The minimum atomic E-state index is -0.822. The normalized spacial score (nSPS) is 10.8. The molecule has 0 spiro atoms. The second kappa shape index (κ2) is 29.6. The van der Waals surface area contributed by atoms with E-state index in [9.17, 15) is 28.8 Å². The van der Waals surface area contributed by atoms with E-state index in [0.29, 0.717) is 24.3 Å². The zero-order chi connectivity index (χ0) is 44.1. The van der Waals surface area contributed by atoms with Gasteiger partial charge < -0.3 is 58.7 Å². The van der Waals surface area contributed by atoms with Crippen LogP contribution in [0.2, 0.25) is 0 Å². The van der Waals surface area contributed by atoms with Crippen LogP contribution in [-0.2, 0) is 60.6 Å². The van der Waals surface area contributed by atoms with E-state index in [1.165, 1.54) is 38.2 Å². The summed E-state index contributed by atoms with van der Waals surface area (Å²) < 4.78 is 31.0. The highest BCUT2D eigenvalue weighted by atomic mass is 16.5. The van der Waals surface area contributed by atoms with Gasteiger partial charge in [0.1, 0.15) is 37.7 Å². The summed E-state index contributed by atoms with van der Waals surface area (Å²) in [6.45, 7) is 0.238. The van der Waals surface area contributed by atoms with Crippen LogP contribution in [0.25, 0.3) is 0 Å². The number of hydrogen-bond donors (Lipinski definition) is 2. The average Bonchev–Trinajstić information content (AvgIpc) is 3.25. The topological polar surface area (TPSA) is 195 Å². The zero-order valence-corrected chi connectivity index (χ0v) is 35.8. The van der Waals surface area contributed by atoms with Crippen LogP contribution >= 0.6 is 0 Å². The molecule has 18 nitrogen and oxygen atoms in total. The fraction of sp³-hybridized carbons (Fsp3) is 0.524. The van der Waals surface area contributed by atoms with Gasteiger partial charge in [-0.15, -0.1) is 0 Å². The van der Waals surface area contributed by atoms with Crippen molar-refractivity contribution in [1.82, 2.24) is 30.2 Å². The molecule has 0 saturated carbocycles. The van der Waals surface area contributed by atoms with Gasteiger partial charge in [0.05, 0.1) is 40.6 Å². The summed E-state index contributed by atoms with van der Waals surface area (Å²) in [6.07, 6.45) is 2.83. The van der Waals surface area contributed by atoms with Gasteiger partial charge in [0.25, 0.3) is 0 Å². The second-order valence-corrected chi connectivity index (χ2v) is 13.4. The zero-order valence-electron chi connectivity index (χ0n) is 35.8. The van der Waals surface area contributed by atoms with E-state index < -0.39 is 61.6 Å². The summed E-state index contributed by atoms with van der Waals surface area (Å²) in [7, 11) is 9.11. The van der Waals surface area contributed by atoms with E-state index in [1.807, 2.05) is 48.5 Å². The fourth-order valence-electron chi connectivity index (χ4n) is 5.57. The maximum absolute atomic E-state index is 13.7. The lowest BCUT2D eigenvalue weighted by Crippen LogP contribution is -2.48. The van der Waals surface area contributed by atoms with Gasteiger partial charge in [0.15, 0.2) is 0 Å². The van der Waals surface area contributed by atoms with Crippen molar-refractivity contribution in [2.45, 2.75) is 12.8 Å². The molecule has 2 aromatic carbocycles. The Bertz CT molecular complexity index is 1510. The lowest BCUT2D eigenvalue weighted by Gasteiger charge is -2.27. The third kappa shape index (κ3) is 19.9. The molecule has 0 aliphatic rings. The molecular formula is C42H62N6O12. The molecule has 0 aliphatic heterocycles.